The zero-order valence-electron chi connectivity index (χ0n) is 15.5. The van der Waals surface area contributed by atoms with E-state index in [0.29, 0.717) is 13.0 Å². The molecule has 0 bridgehead atoms. The molecular weight excluding hydrogens is 366 g/mol. The van der Waals surface area contributed by atoms with Crippen LogP contribution in [0.4, 0.5) is 0 Å². The van der Waals surface area contributed by atoms with Crippen molar-refractivity contribution in [1.29, 1.82) is 0 Å². The largest absolute Gasteiger partial charge is 0.480 e. The quantitative estimate of drug-likeness (QED) is 0.608. The van der Waals surface area contributed by atoms with Gasteiger partial charge in [0.25, 0.3) is 0 Å². The van der Waals surface area contributed by atoms with Gasteiger partial charge in [0.1, 0.15) is 6.04 Å². The molecule has 1 unspecified atom stereocenters. The maximum absolute atomic E-state index is 11.5. The number of benzene rings is 3. The van der Waals surface area contributed by atoms with Gasteiger partial charge in [-0.2, -0.15) is 0 Å². The summed E-state index contributed by atoms with van der Waals surface area (Å²) in [5.74, 6) is -0.771. The standard InChI is InChI=1S/C24H23NO2S/c26-23(27)22-16-21(17-25-22)28-24(18-10-4-1-5-11-18,19-12-6-2-7-13-19)20-14-8-3-9-15-20/h1-15,21-22,25H,16-17H2,(H,26,27)/t21?,22-/m0/s1. The Kier molecular flexibility index (Phi) is 5.51. The molecule has 0 amide bonds. The van der Waals surface area contributed by atoms with Gasteiger partial charge in [-0.15, -0.1) is 11.8 Å². The number of carboxylic acids is 1. The summed E-state index contributed by atoms with van der Waals surface area (Å²) in [6.07, 6.45) is 0.619. The van der Waals surface area contributed by atoms with Crippen LogP contribution in [-0.2, 0) is 9.54 Å². The molecule has 1 fully saturated rings. The van der Waals surface area contributed by atoms with Crippen molar-refractivity contribution in [3.8, 4) is 0 Å². The molecule has 3 nitrogen and oxygen atoms in total. The second-order valence-corrected chi connectivity index (χ2v) is 8.57. The molecule has 28 heavy (non-hydrogen) atoms. The summed E-state index contributed by atoms with van der Waals surface area (Å²) in [5.41, 5.74) is 3.61. The number of carboxylic acid groups (broad SMARTS) is 1. The Labute approximate surface area is 169 Å². The summed E-state index contributed by atoms with van der Waals surface area (Å²) in [6, 6.07) is 31.1. The fourth-order valence-corrected chi connectivity index (χ4v) is 5.74. The van der Waals surface area contributed by atoms with Crippen molar-refractivity contribution in [3.63, 3.8) is 0 Å². The molecule has 0 aliphatic carbocycles. The first-order chi connectivity index (χ1) is 13.7. The van der Waals surface area contributed by atoms with Crippen LogP contribution in [0.1, 0.15) is 23.1 Å². The van der Waals surface area contributed by atoms with Gasteiger partial charge in [-0.1, -0.05) is 91.0 Å². The zero-order chi connectivity index (χ0) is 19.4. The van der Waals surface area contributed by atoms with E-state index in [0.717, 1.165) is 0 Å². The van der Waals surface area contributed by atoms with E-state index in [2.05, 4.69) is 78.1 Å². The predicted octanol–water partition coefficient (Wildman–Crippen LogP) is 4.53. The SMILES string of the molecule is O=C(O)[C@@H]1CC(SC(c2ccccc2)(c2ccccc2)c2ccccc2)CN1. The van der Waals surface area contributed by atoms with Crippen LogP contribution in [0.15, 0.2) is 91.0 Å². The number of rotatable bonds is 6. The molecule has 4 rings (SSSR count). The highest BCUT2D eigenvalue weighted by Gasteiger charge is 2.42. The van der Waals surface area contributed by atoms with Gasteiger partial charge in [-0.3, -0.25) is 4.79 Å². The summed E-state index contributed by atoms with van der Waals surface area (Å²) in [4.78, 5) is 11.5. The van der Waals surface area contributed by atoms with E-state index in [1.54, 1.807) is 0 Å². The number of aliphatic carboxylic acids is 1. The molecule has 1 saturated heterocycles. The van der Waals surface area contributed by atoms with Crippen LogP contribution in [0, 0.1) is 0 Å². The van der Waals surface area contributed by atoms with E-state index in [1.807, 2.05) is 30.0 Å². The summed E-state index contributed by atoms with van der Waals surface area (Å²) >= 11 is 1.85. The van der Waals surface area contributed by atoms with Crippen LogP contribution < -0.4 is 5.32 Å². The highest BCUT2D eigenvalue weighted by atomic mass is 32.2. The lowest BCUT2D eigenvalue weighted by molar-refractivity contribution is -0.139. The lowest BCUT2D eigenvalue weighted by Gasteiger charge is -2.37. The second kappa shape index (κ2) is 8.21. The van der Waals surface area contributed by atoms with Crippen LogP contribution in [0.3, 0.4) is 0 Å². The smallest absolute Gasteiger partial charge is 0.320 e. The summed E-state index contributed by atoms with van der Waals surface area (Å²) in [6.45, 7) is 0.690. The fourth-order valence-electron chi connectivity index (χ4n) is 3.95. The highest BCUT2D eigenvalue weighted by molar-refractivity contribution is 8.01. The van der Waals surface area contributed by atoms with Crippen molar-refractivity contribution in [3.05, 3.63) is 108 Å². The lowest BCUT2D eigenvalue weighted by atomic mass is 9.84. The molecule has 1 aliphatic rings. The predicted molar refractivity (Wildman–Crippen MR) is 115 cm³/mol. The van der Waals surface area contributed by atoms with E-state index in [9.17, 15) is 9.90 Å². The number of hydrogen-bond acceptors (Lipinski definition) is 3. The maximum atomic E-state index is 11.5. The number of hydrogen-bond donors (Lipinski definition) is 2. The Morgan fingerprint density at radius 1 is 0.821 bits per heavy atom. The van der Waals surface area contributed by atoms with Crippen molar-refractivity contribution in [2.45, 2.75) is 22.5 Å². The molecule has 0 aromatic heterocycles. The van der Waals surface area contributed by atoms with Gasteiger partial charge in [0.15, 0.2) is 0 Å². The summed E-state index contributed by atoms with van der Waals surface area (Å²) in [5, 5.41) is 12.8. The second-order valence-electron chi connectivity index (χ2n) is 7.05. The zero-order valence-corrected chi connectivity index (χ0v) is 16.3. The Morgan fingerprint density at radius 3 is 1.61 bits per heavy atom. The Bertz CT molecular complexity index is 818. The minimum absolute atomic E-state index is 0.196. The molecule has 1 heterocycles. The maximum Gasteiger partial charge on any atom is 0.320 e. The van der Waals surface area contributed by atoms with Gasteiger partial charge in [-0.05, 0) is 23.1 Å². The van der Waals surface area contributed by atoms with Crippen molar-refractivity contribution >= 4 is 17.7 Å². The Balaban J connectivity index is 1.85. The molecule has 2 atom stereocenters. The van der Waals surface area contributed by atoms with Gasteiger partial charge in [0, 0.05) is 11.8 Å². The molecule has 1 aliphatic heterocycles. The van der Waals surface area contributed by atoms with E-state index in [1.165, 1.54) is 16.7 Å². The van der Waals surface area contributed by atoms with Crippen LogP contribution >= 0.6 is 11.8 Å². The fraction of sp³-hybridized carbons (Fsp3) is 0.208. The molecule has 142 valence electrons. The molecule has 4 heteroatoms. The third-order valence-corrected chi connectivity index (χ3v) is 7.03. The van der Waals surface area contributed by atoms with Crippen LogP contribution in [0.25, 0.3) is 0 Å². The van der Waals surface area contributed by atoms with Crippen LogP contribution in [0.2, 0.25) is 0 Å². The van der Waals surface area contributed by atoms with Crippen molar-refractivity contribution in [2.24, 2.45) is 0 Å². The first-order valence-corrected chi connectivity index (χ1v) is 10.4. The van der Waals surface area contributed by atoms with E-state index < -0.39 is 16.8 Å². The van der Waals surface area contributed by atoms with Crippen molar-refractivity contribution < 1.29 is 9.90 Å². The third kappa shape index (κ3) is 3.58. The van der Waals surface area contributed by atoms with Gasteiger partial charge >= 0.3 is 5.97 Å². The van der Waals surface area contributed by atoms with Gasteiger partial charge in [0.05, 0.1) is 4.75 Å². The first-order valence-electron chi connectivity index (χ1n) is 9.51. The first kappa shape index (κ1) is 18.8. The summed E-state index contributed by atoms with van der Waals surface area (Å²) < 4.78 is -0.399. The highest BCUT2D eigenvalue weighted by Crippen LogP contribution is 2.51. The summed E-state index contributed by atoms with van der Waals surface area (Å²) in [7, 11) is 0. The Morgan fingerprint density at radius 2 is 1.25 bits per heavy atom. The normalized spacial score (nSPS) is 19.4. The van der Waals surface area contributed by atoms with Crippen LogP contribution in [0.5, 0.6) is 0 Å². The lowest BCUT2D eigenvalue weighted by Crippen LogP contribution is -2.30. The Hall–Kier alpha value is -2.56. The molecule has 0 spiro atoms. The molecule has 3 aromatic carbocycles. The van der Waals surface area contributed by atoms with E-state index >= 15 is 0 Å². The van der Waals surface area contributed by atoms with E-state index in [4.69, 9.17) is 0 Å². The monoisotopic (exact) mass is 389 g/mol. The van der Waals surface area contributed by atoms with Crippen molar-refractivity contribution in [1.82, 2.24) is 5.32 Å². The average molecular weight is 390 g/mol. The van der Waals surface area contributed by atoms with Gasteiger partial charge in [0.2, 0.25) is 0 Å². The van der Waals surface area contributed by atoms with Crippen molar-refractivity contribution in [2.75, 3.05) is 6.54 Å². The minimum atomic E-state index is -0.771. The van der Waals surface area contributed by atoms with E-state index in [-0.39, 0.29) is 5.25 Å². The number of thioether (sulfide) groups is 1. The average Bonchev–Trinajstić information content (AvgIpc) is 3.23. The molecular formula is C24H23NO2S. The molecule has 3 aromatic rings. The number of nitrogens with one attached hydrogen (secondary N) is 1. The molecule has 2 N–H and O–H groups in total. The topological polar surface area (TPSA) is 49.3 Å². The number of carbonyl (C=O) groups is 1. The van der Waals surface area contributed by atoms with Gasteiger partial charge < -0.3 is 10.4 Å². The van der Waals surface area contributed by atoms with Gasteiger partial charge in [-0.25, -0.2) is 0 Å². The van der Waals surface area contributed by atoms with Crippen LogP contribution in [-0.4, -0.2) is 28.9 Å². The minimum Gasteiger partial charge on any atom is -0.480 e. The molecule has 0 saturated carbocycles. The third-order valence-electron chi connectivity index (χ3n) is 5.27. The molecule has 0 radical (unpaired) electrons.